The zero-order chi connectivity index (χ0) is 29.1. The first-order valence-electron chi connectivity index (χ1n) is 16.2. The number of carboxylic acids is 1. The van der Waals surface area contributed by atoms with Crippen LogP contribution in [0.15, 0.2) is 34.2 Å². The van der Waals surface area contributed by atoms with Crippen LogP contribution in [-0.2, 0) is 14.4 Å². The van der Waals surface area contributed by atoms with Crippen LogP contribution in [0.2, 0.25) is 0 Å². The third-order valence-electron chi connectivity index (χ3n) is 10.3. The first-order chi connectivity index (χ1) is 20.5. The third kappa shape index (κ3) is 6.27. The molecule has 2 aromatic rings. The zero-order valence-electron chi connectivity index (χ0n) is 25.0. The Morgan fingerprint density at radius 2 is 1.62 bits per heavy atom. The van der Waals surface area contributed by atoms with Crippen LogP contribution >= 0.6 is 0 Å². The van der Waals surface area contributed by atoms with Gasteiger partial charge in [0.1, 0.15) is 12.3 Å². The van der Waals surface area contributed by atoms with E-state index < -0.39 is 5.97 Å². The molecular formula is C33H46N4O5. The summed E-state index contributed by atoms with van der Waals surface area (Å²) >= 11 is 0. The van der Waals surface area contributed by atoms with Gasteiger partial charge in [0.05, 0.1) is 24.1 Å². The van der Waals surface area contributed by atoms with E-state index in [1.807, 2.05) is 28.8 Å². The van der Waals surface area contributed by atoms with Crippen LogP contribution in [0, 0.1) is 11.8 Å². The second-order valence-corrected chi connectivity index (χ2v) is 13.1. The highest BCUT2D eigenvalue weighted by Crippen LogP contribution is 2.47. The molecule has 4 bridgehead atoms. The van der Waals surface area contributed by atoms with Gasteiger partial charge in [0.25, 0.3) is 5.56 Å². The fourth-order valence-electron chi connectivity index (χ4n) is 8.69. The Hall–Kier alpha value is -2.78. The molecule has 1 aromatic heterocycles. The lowest BCUT2D eigenvalue weighted by Crippen LogP contribution is -2.58. The Morgan fingerprint density at radius 3 is 2.31 bits per heavy atom. The fraction of sp³-hybridized carbons (Fsp3) is 0.697. The average Bonchev–Trinajstić information content (AvgIpc) is 3.15. The Balaban J connectivity index is 1.33. The molecule has 6 atom stereocenters. The molecule has 2 saturated carbocycles. The minimum atomic E-state index is -0.955. The van der Waals surface area contributed by atoms with Gasteiger partial charge in [-0.15, -0.1) is 0 Å². The number of methoxy groups -OCH3 is 1. The maximum atomic E-state index is 14.3. The molecule has 42 heavy (non-hydrogen) atoms. The number of carbonyl (C=O) groups is 1. The lowest BCUT2D eigenvalue weighted by molar-refractivity contribution is -0.136. The fourth-order valence-corrected chi connectivity index (χ4v) is 8.69. The van der Waals surface area contributed by atoms with Crippen molar-refractivity contribution >= 4 is 22.7 Å². The van der Waals surface area contributed by atoms with Gasteiger partial charge >= 0.3 is 5.97 Å². The minimum absolute atomic E-state index is 0.0661. The molecule has 1 aromatic carbocycles. The summed E-state index contributed by atoms with van der Waals surface area (Å²) in [4.78, 5) is 38.8. The SMILES string of the molecule is COCCON=C(CCC(=O)O)c1nc2ccccc2n(C2C[C@H]3CCC[C@@H](C2)N3C2C[C@H]3CCCC[C@@H](C2)C3)c1=O. The van der Waals surface area contributed by atoms with E-state index in [0.717, 1.165) is 35.7 Å². The first-order valence-corrected chi connectivity index (χ1v) is 16.2. The number of fused-ring (bicyclic) bond motifs is 5. The molecule has 2 aliphatic carbocycles. The van der Waals surface area contributed by atoms with Crippen molar-refractivity contribution in [3.05, 3.63) is 40.3 Å². The Kier molecular flexibility index (Phi) is 9.24. The maximum Gasteiger partial charge on any atom is 0.303 e. The molecule has 4 aliphatic rings. The highest BCUT2D eigenvalue weighted by molar-refractivity contribution is 6.00. The zero-order valence-corrected chi connectivity index (χ0v) is 25.0. The van der Waals surface area contributed by atoms with Gasteiger partial charge in [0.2, 0.25) is 0 Å². The van der Waals surface area contributed by atoms with E-state index in [1.165, 1.54) is 64.2 Å². The van der Waals surface area contributed by atoms with Crippen molar-refractivity contribution in [2.45, 2.75) is 114 Å². The number of aromatic nitrogens is 2. The summed E-state index contributed by atoms with van der Waals surface area (Å²) in [6.45, 7) is 0.550. The molecule has 4 fully saturated rings. The predicted molar refractivity (Wildman–Crippen MR) is 162 cm³/mol. The van der Waals surface area contributed by atoms with Crippen LogP contribution in [0.5, 0.6) is 0 Å². The van der Waals surface area contributed by atoms with Crippen molar-refractivity contribution in [3.63, 3.8) is 0 Å². The molecule has 2 aliphatic heterocycles. The van der Waals surface area contributed by atoms with Crippen molar-refractivity contribution in [2.24, 2.45) is 17.0 Å². The monoisotopic (exact) mass is 578 g/mol. The number of oxime groups is 1. The molecule has 2 saturated heterocycles. The third-order valence-corrected chi connectivity index (χ3v) is 10.3. The number of carboxylic acid groups (broad SMARTS) is 1. The molecule has 228 valence electrons. The van der Waals surface area contributed by atoms with E-state index in [2.05, 4.69) is 10.1 Å². The van der Waals surface area contributed by atoms with Gasteiger partial charge in [-0.3, -0.25) is 14.5 Å². The number of para-hydroxylation sites is 2. The summed E-state index contributed by atoms with van der Waals surface area (Å²) in [7, 11) is 1.57. The molecule has 9 nitrogen and oxygen atoms in total. The summed E-state index contributed by atoms with van der Waals surface area (Å²) in [6, 6.07) is 9.55. The Morgan fingerprint density at radius 1 is 0.905 bits per heavy atom. The predicted octanol–water partition coefficient (Wildman–Crippen LogP) is 5.55. The number of hydrogen-bond donors (Lipinski definition) is 1. The number of ether oxygens (including phenoxy) is 1. The van der Waals surface area contributed by atoms with Crippen molar-refractivity contribution in [1.82, 2.24) is 14.5 Å². The standard InChI is InChI=1S/C33H46N4O5/c1-41-15-16-42-35-29(13-14-31(38)39)32-33(40)37(30-12-5-4-11-28(30)34-32)27-20-24-9-6-10-25(21-27)36(24)26-18-22-7-2-3-8-23(17-22)19-26/h4-5,11-12,22-27H,2-3,6-10,13-21H2,1H3,(H,38,39)/t22-,23+,24-,25+,26?,27?. The number of benzene rings is 1. The van der Waals surface area contributed by atoms with Crippen molar-refractivity contribution in [2.75, 3.05) is 20.3 Å². The quantitative estimate of drug-likeness (QED) is 0.224. The summed E-state index contributed by atoms with van der Waals surface area (Å²) in [5.74, 6) is 0.820. The first kappa shape index (κ1) is 29.3. The van der Waals surface area contributed by atoms with E-state index in [-0.39, 0.29) is 42.5 Å². The smallest absolute Gasteiger partial charge is 0.303 e. The number of hydrogen-bond acceptors (Lipinski definition) is 7. The summed E-state index contributed by atoms with van der Waals surface area (Å²) in [6.07, 6.45) is 15.2. The van der Waals surface area contributed by atoms with Gasteiger partial charge in [0, 0.05) is 37.7 Å². The van der Waals surface area contributed by atoms with Gasteiger partial charge in [-0.1, -0.05) is 49.4 Å². The number of rotatable bonds is 10. The van der Waals surface area contributed by atoms with Gasteiger partial charge < -0.3 is 19.2 Å². The molecular weight excluding hydrogens is 532 g/mol. The van der Waals surface area contributed by atoms with E-state index in [4.69, 9.17) is 14.6 Å². The van der Waals surface area contributed by atoms with E-state index >= 15 is 0 Å². The Bertz CT molecular complexity index is 1310. The molecule has 3 heterocycles. The maximum absolute atomic E-state index is 14.3. The second-order valence-electron chi connectivity index (χ2n) is 13.1. The van der Waals surface area contributed by atoms with Crippen molar-refractivity contribution in [3.8, 4) is 0 Å². The van der Waals surface area contributed by atoms with Gasteiger partial charge in [0.15, 0.2) is 5.69 Å². The topological polar surface area (TPSA) is 106 Å². The van der Waals surface area contributed by atoms with Gasteiger partial charge in [-0.25, -0.2) is 4.98 Å². The Labute approximate surface area is 248 Å². The van der Waals surface area contributed by atoms with E-state index in [1.54, 1.807) is 7.11 Å². The normalized spacial score (nSPS) is 30.2. The largest absolute Gasteiger partial charge is 0.481 e. The van der Waals surface area contributed by atoms with Crippen molar-refractivity contribution in [1.29, 1.82) is 0 Å². The average molecular weight is 579 g/mol. The lowest BCUT2D eigenvalue weighted by atomic mass is 9.73. The molecule has 2 unspecified atom stereocenters. The highest BCUT2D eigenvalue weighted by atomic mass is 16.6. The van der Waals surface area contributed by atoms with Crippen LogP contribution in [-0.4, -0.2) is 69.7 Å². The molecule has 6 rings (SSSR count). The second kappa shape index (κ2) is 13.2. The van der Waals surface area contributed by atoms with Crippen LogP contribution in [0.3, 0.4) is 0 Å². The lowest BCUT2D eigenvalue weighted by Gasteiger charge is -2.54. The molecule has 0 radical (unpaired) electrons. The summed E-state index contributed by atoms with van der Waals surface area (Å²) < 4.78 is 7.01. The van der Waals surface area contributed by atoms with Gasteiger partial charge in [-0.2, -0.15) is 0 Å². The van der Waals surface area contributed by atoms with Crippen LogP contribution < -0.4 is 5.56 Å². The molecule has 1 N–H and O–H groups in total. The summed E-state index contributed by atoms with van der Waals surface area (Å²) in [5.41, 5.74) is 1.82. The molecule has 0 spiro atoms. The van der Waals surface area contributed by atoms with E-state index in [9.17, 15) is 14.7 Å². The van der Waals surface area contributed by atoms with Crippen LogP contribution in [0.4, 0.5) is 0 Å². The number of nitrogens with zero attached hydrogens (tertiary/aromatic N) is 4. The molecule has 0 amide bonds. The number of piperidine rings is 2. The summed E-state index contributed by atoms with van der Waals surface area (Å²) in [5, 5.41) is 13.6. The van der Waals surface area contributed by atoms with Crippen LogP contribution in [0.25, 0.3) is 11.0 Å². The van der Waals surface area contributed by atoms with Crippen molar-refractivity contribution < 1.29 is 19.5 Å². The number of aliphatic carboxylic acids is 1. The van der Waals surface area contributed by atoms with Crippen LogP contribution in [0.1, 0.15) is 102 Å². The molecule has 9 heteroatoms. The van der Waals surface area contributed by atoms with Gasteiger partial charge in [-0.05, 0) is 68.9 Å². The van der Waals surface area contributed by atoms with E-state index in [0.29, 0.717) is 24.7 Å². The minimum Gasteiger partial charge on any atom is -0.481 e. The highest BCUT2D eigenvalue weighted by Gasteiger charge is 2.45.